The zero-order valence-electron chi connectivity index (χ0n) is 10.2. The van der Waals surface area contributed by atoms with Gasteiger partial charge < -0.3 is 9.63 Å². The fourth-order valence-corrected chi connectivity index (χ4v) is 1.68. The van der Waals surface area contributed by atoms with Crippen LogP contribution in [0.5, 0.6) is 5.75 Å². The Hall–Kier alpha value is -2.69. The summed E-state index contributed by atoms with van der Waals surface area (Å²) in [6.45, 7) is 1.83. The van der Waals surface area contributed by atoms with Gasteiger partial charge in [-0.2, -0.15) is 4.98 Å². The van der Waals surface area contributed by atoms with Gasteiger partial charge in [0.2, 0.25) is 5.82 Å². The molecule has 0 spiro atoms. The highest BCUT2D eigenvalue weighted by Crippen LogP contribution is 2.26. The second kappa shape index (κ2) is 4.53. The fourth-order valence-electron chi connectivity index (χ4n) is 1.68. The fraction of sp³-hybridized carbons (Fsp3) is 0.0714. The van der Waals surface area contributed by atoms with Crippen molar-refractivity contribution in [1.82, 2.24) is 15.1 Å². The van der Waals surface area contributed by atoms with Gasteiger partial charge in [-0.05, 0) is 36.8 Å². The molecule has 5 nitrogen and oxygen atoms in total. The Balaban J connectivity index is 1.99. The molecule has 2 heterocycles. The molecule has 0 radical (unpaired) electrons. The molecule has 0 fully saturated rings. The summed E-state index contributed by atoms with van der Waals surface area (Å²) >= 11 is 0. The number of hydrogen-bond donors (Lipinski definition) is 1. The number of aromatic hydroxyl groups is 1. The van der Waals surface area contributed by atoms with E-state index in [4.69, 9.17) is 4.52 Å². The van der Waals surface area contributed by atoms with Gasteiger partial charge in [-0.1, -0.05) is 17.3 Å². The van der Waals surface area contributed by atoms with Crippen LogP contribution in [-0.2, 0) is 0 Å². The Morgan fingerprint density at radius 1 is 1.16 bits per heavy atom. The Labute approximate surface area is 109 Å². The first-order valence-electron chi connectivity index (χ1n) is 5.79. The van der Waals surface area contributed by atoms with Crippen molar-refractivity contribution in [1.29, 1.82) is 0 Å². The number of benzene rings is 1. The van der Waals surface area contributed by atoms with Gasteiger partial charge in [0.25, 0.3) is 5.89 Å². The van der Waals surface area contributed by atoms with Crippen LogP contribution in [0.1, 0.15) is 5.56 Å². The number of aryl methyl sites for hydroxylation is 1. The first-order chi connectivity index (χ1) is 9.24. The van der Waals surface area contributed by atoms with E-state index in [1.54, 1.807) is 24.4 Å². The molecule has 0 saturated carbocycles. The molecule has 0 aliphatic carbocycles. The first-order valence-corrected chi connectivity index (χ1v) is 5.79. The van der Waals surface area contributed by atoms with E-state index >= 15 is 0 Å². The maximum Gasteiger partial charge on any atom is 0.258 e. The van der Waals surface area contributed by atoms with E-state index in [2.05, 4.69) is 15.1 Å². The lowest BCUT2D eigenvalue weighted by Gasteiger charge is -1.99. The maximum absolute atomic E-state index is 9.68. The predicted octanol–water partition coefficient (Wildman–Crippen LogP) is 2.81. The van der Waals surface area contributed by atoms with Crippen LogP contribution < -0.4 is 0 Å². The van der Waals surface area contributed by atoms with Crippen LogP contribution in [0.2, 0.25) is 0 Å². The van der Waals surface area contributed by atoms with Crippen molar-refractivity contribution < 1.29 is 9.63 Å². The monoisotopic (exact) mass is 253 g/mol. The maximum atomic E-state index is 9.68. The average Bonchev–Trinajstić information content (AvgIpc) is 2.93. The predicted molar refractivity (Wildman–Crippen MR) is 69.4 cm³/mol. The van der Waals surface area contributed by atoms with Gasteiger partial charge in [-0.15, -0.1) is 0 Å². The summed E-state index contributed by atoms with van der Waals surface area (Å²) in [5.41, 5.74) is 2.12. The van der Waals surface area contributed by atoms with Gasteiger partial charge in [0.15, 0.2) is 0 Å². The molecule has 1 N–H and O–H groups in total. The highest BCUT2D eigenvalue weighted by Gasteiger charge is 2.12. The zero-order valence-corrected chi connectivity index (χ0v) is 10.2. The van der Waals surface area contributed by atoms with Crippen LogP contribution in [0.4, 0.5) is 0 Å². The van der Waals surface area contributed by atoms with E-state index in [-0.39, 0.29) is 5.75 Å². The van der Waals surface area contributed by atoms with Crippen LogP contribution in [-0.4, -0.2) is 20.2 Å². The van der Waals surface area contributed by atoms with Crippen molar-refractivity contribution >= 4 is 0 Å². The van der Waals surface area contributed by atoms with Crippen molar-refractivity contribution in [3.63, 3.8) is 0 Å². The van der Waals surface area contributed by atoms with Crippen molar-refractivity contribution in [3.8, 4) is 28.7 Å². The molecule has 3 rings (SSSR count). The van der Waals surface area contributed by atoms with E-state index in [1.165, 1.54) is 0 Å². The summed E-state index contributed by atoms with van der Waals surface area (Å²) in [7, 11) is 0. The van der Waals surface area contributed by atoms with E-state index < -0.39 is 0 Å². The number of hydrogen-bond acceptors (Lipinski definition) is 5. The van der Waals surface area contributed by atoms with Crippen LogP contribution >= 0.6 is 0 Å². The molecule has 0 atom stereocenters. The molecule has 94 valence electrons. The zero-order chi connectivity index (χ0) is 13.2. The third-order valence-corrected chi connectivity index (χ3v) is 2.78. The third kappa shape index (κ3) is 2.18. The molecular formula is C14H11N3O2. The van der Waals surface area contributed by atoms with Gasteiger partial charge in [0.05, 0.1) is 0 Å². The van der Waals surface area contributed by atoms with E-state index in [0.717, 1.165) is 5.56 Å². The van der Waals surface area contributed by atoms with Crippen molar-refractivity contribution in [3.05, 3.63) is 48.2 Å². The normalized spacial score (nSPS) is 10.6. The summed E-state index contributed by atoms with van der Waals surface area (Å²) in [5.74, 6) is 0.988. The SMILES string of the molecule is Cc1ccc(-c2nc(-c3ccccn3)no2)cc1O. The molecule has 0 saturated heterocycles. The van der Waals surface area contributed by atoms with Crippen LogP contribution in [0.15, 0.2) is 47.1 Å². The number of nitrogens with zero attached hydrogens (tertiary/aromatic N) is 3. The second-order valence-electron chi connectivity index (χ2n) is 4.14. The number of aromatic nitrogens is 3. The highest BCUT2D eigenvalue weighted by molar-refractivity contribution is 5.60. The molecular weight excluding hydrogens is 242 g/mol. The summed E-state index contributed by atoms with van der Waals surface area (Å²) in [6, 6.07) is 10.7. The molecule has 0 aliphatic rings. The van der Waals surface area contributed by atoms with Crippen molar-refractivity contribution in [2.75, 3.05) is 0 Å². The van der Waals surface area contributed by atoms with Gasteiger partial charge >= 0.3 is 0 Å². The smallest absolute Gasteiger partial charge is 0.258 e. The minimum atomic E-state index is 0.204. The lowest BCUT2D eigenvalue weighted by Crippen LogP contribution is -1.84. The highest BCUT2D eigenvalue weighted by atomic mass is 16.5. The number of rotatable bonds is 2. The minimum absolute atomic E-state index is 0.204. The summed E-state index contributed by atoms with van der Waals surface area (Å²) in [5, 5.41) is 13.6. The molecule has 2 aromatic heterocycles. The van der Waals surface area contributed by atoms with Gasteiger partial charge in [0.1, 0.15) is 11.4 Å². The van der Waals surface area contributed by atoms with Crippen LogP contribution in [0.25, 0.3) is 23.0 Å². The lowest BCUT2D eigenvalue weighted by atomic mass is 10.1. The molecule has 0 aliphatic heterocycles. The van der Waals surface area contributed by atoms with Gasteiger partial charge in [-0.3, -0.25) is 4.98 Å². The molecule has 0 unspecified atom stereocenters. The van der Waals surface area contributed by atoms with Crippen LogP contribution in [0, 0.1) is 6.92 Å². The van der Waals surface area contributed by atoms with Crippen molar-refractivity contribution in [2.24, 2.45) is 0 Å². The van der Waals surface area contributed by atoms with Crippen LogP contribution in [0.3, 0.4) is 0 Å². The number of phenolic OH excluding ortho intramolecular Hbond substituents is 1. The van der Waals surface area contributed by atoms with Gasteiger partial charge in [-0.25, -0.2) is 0 Å². The first kappa shape index (κ1) is 11.4. The lowest BCUT2D eigenvalue weighted by molar-refractivity contribution is 0.431. The third-order valence-electron chi connectivity index (χ3n) is 2.78. The Morgan fingerprint density at radius 2 is 2.05 bits per heavy atom. The number of pyridine rings is 1. The summed E-state index contributed by atoms with van der Waals surface area (Å²) < 4.78 is 5.19. The second-order valence-corrected chi connectivity index (χ2v) is 4.14. The molecule has 5 heteroatoms. The molecule has 19 heavy (non-hydrogen) atoms. The quantitative estimate of drug-likeness (QED) is 0.760. The summed E-state index contributed by atoms with van der Waals surface area (Å²) in [4.78, 5) is 8.42. The largest absolute Gasteiger partial charge is 0.508 e. The van der Waals surface area contributed by atoms with Crippen molar-refractivity contribution in [2.45, 2.75) is 6.92 Å². The Kier molecular flexibility index (Phi) is 2.72. The summed E-state index contributed by atoms with van der Waals surface area (Å²) in [6.07, 6.45) is 1.67. The average molecular weight is 253 g/mol. The standard InChI is InChI=1S/C14H11N3O2/c1-9-5-6-10(8-12(9)18)14-16-13(17-19-14)11-4-2-3-7-15-11/h2-8,18H,1H3. The molecule has 0 bridgehead atoms. The molecule has 0 amide bonds. The molecule has 3 aromatic rings. The minimum Gasteiger partial charge on any atom is -0.508 e. The van der Waals surface area contributed by atoms with E-state index in [0.29, 0.717) is 23.0 Å². The van der Waals surface area contributed by atoms with Gasteiger partial charge in [0, 0.05) is 11.8 Å². The molecule has 1 aromatic carbocycles. The van der Waals surface area contributed by atoms with E-state index in [1.807, 2.05) is 25.1 Å². The van der Waals surface area contributed by atoms with E-state index in [9.17, 15) is 5.11 Å². The Morgan fingerprint density at radius 3 is 2.79 bits per heavy atom. The Bertz CT molecular complexity index is 708. The number of phenols is 1. The topological polar surface area (TPSA) is 72.0 Å².